The fourth-order valence-corrected chi connectivity index (χ4v) is 2.13. The summed E-state index contributed by atoms with van der Waals surface area (Å²) >= 11 is 0. The third-order valence-electron chi connectivity index (χ3n) is 3.55. The van der Waals surface area contributed by atoms with Crippen LogP contribution in [-0.2, 0) is 6.54 Å². The average Bonchev–Trinajstić information content (AvgIpc) is 2.79. The van der Waals surface area contributed by atoms with Crippen molar-refractivity contribution in [3.63, 3.8) is 0 Å². The molecule has 1 aliphatic heterocycles. The number of aromatic nitrogens is 2. The zero-order valence-corrected chi connectivity index (χ0v) is 11.4. The number of rotatable bonds is 3. The van der Waals surface area contributed by atoms with Crippen molar-refractivity contribution >= 4 is 0 Å². The summed E-state index contributed by atoms with van der Waals surface area (Å²) in [5.74, 6) is 1.10. The zero-order chi connectivity index (χ0) is 15.0. The molecule has 1 aromatic rings. The van der Waals surface area contributed by atoms with Gasteiger partial charge in [-0.05, 0) is 12.8 Å². The second-order valence-electron chi connectivity index (χ2n) is 5.51. The van der Waals surface area contributed by atoms with Crippen LogP contribution >= 0.6 is 0 Å². The van der Waals surface area contributed by atoms with Crippen LogP contribution in [0.15, 0.2) is 4.52 Å². The number of alkyl halides is 3. The monoisotopic (exact) mass is 293 g/mol. The molecule has 114 valence electrons. The van der Waals surface area contributed by atoms with E-state index < -0.39 is 11.8 Å². The van der Waals surface area contributed by atoms with E-state index in [1.807, 2.05) is 13.8 Å². The van der Waals surface area contributed by atoms with E-state index in [9.17, 15) is 18.3 Å². The number of likely N-dealkylation sites (tertiary alicyclic amines) is 1. The molecule has 8 heteroatoms. The smallest absolute Gasteiger partial charge is 0.380 e. The SMILES string of the molecule is CC(C)c1nc(CN2CCC(O)(C(F)(F)F)CC2)no1. The lowest BCUT2D eigenvalue weighted by Crippen LogP contribution is -2.53. The number of halogens is 3. The van der Waals surface area contributed by atoms with E-state index in [1.165, 1.54) is 0 Å². The Bertz CT molecular complexity index is 451. The van der Waals surface area contributed by atoms with Crippen molar-refractivity contribution in [1.82, 2.24) is 15.0 Å². The highest BCUT2D eigenvalue weighted by atomic mass is 19.4. The van der Waals surface area contributed by atoms with E-state index in [0.29, 0.717) is 18.3 Å². The van der Waals surface area contributed by atoms with Crippen molar-refractivity contribution in [2.45, 2.75) is 50.9 Å². The summed E-state index contributed by atoms with van der Waals surface area (Å²) in [6, 6.07) is 0. The standard InChI is InChI=1S/C12H18F3N3O2/c1-8(2)10-16-9(17-20-10)7-18-5-3-11(19,4-6-18)12(13,14)15/h8,19H,3-7H2,1-2H3. The molecule has 0 bridgehead atoms. The minimum atomic E-state index is -4.57. The van der Waals surface area contributed by atoms with Gasteiger partial charge in [-0.15, -0.1) is 0 Å². The van der Waals surface area contributed by atoms with Gasteiger partial charge in [0.1, 0.15) is 0 Å². The van der Waals surface area contributed by atoms with Crippen molar-refractivity contribution in [2.24, 2.45) is 0 Å². The number of nitrogens with zero attached hydrogens (tertiary/aromatic N) is 3. The molecule has 1 aromatic heterocycles. The van der Waals surface area contributed by atoms with Crippen LogP contribution in [0.4, 0.5) is 13.2 Å². The summed E-state index contributed by atoms with van der Waals surface area (Å²) < 4.78 is 43.0. The Morgan fingerprint density at radius 2 is 1.95 bits per heavy atom. The van der Waals surface area contributed by atoms with E-state index in [-0.39, 0.29) is 31.8 Å². The van der Waals surface area contributed by atoms with Crippen molar-refractivity contribution in [3.8, 4) is 0 Å². The molecule has 2 rings (SSSR count). The first-order chi connectivity index (χ1) is 9.21. The van der Waals surface area contributed by atoms with Crippen LogP contribution in [0.1, 0.15) is 44.3 Å². The van der Waals surface area contributed by atoms with Gasteiger partial charge in [0.25, 0.3) is 0 Å². The van der Waals surface area contributed by atoms with Gasteiger partial charge in [-0.2, -0.15) is 18.2 Å². The summed E-state index contributed by atoms with van der Waals surface area (Å²) in [7, 11) is 0. The molecule has 0 aromatic carbocycles. The first kappa shape index (κ1) is 15.2. The predicted octanol–water partition coefficient (Wildman–Crippen LogP) is 2.08. The Hall–Kier alpha value is -1.15. The molecule has 20 heavy (non-hydrogen) atoms. The Morgan fingerprint density at radius 3 is 2.40 bits per heavy atom. The Kier molecular flexibility index (Phi) is 4.06. The number of hydrogen-bond acceptors (Lipinski definition) is 5. The molecule has 0 spiro atoms. The van der Waals surface area contributed by atoms with Crippen molar-refractivity contribution < 1.29 is 22.8 Å². The van der Waals surface area contributed by atoms with Gasteiger partial charge < -0.3 is 9.63 Å². The highest BCUT2D eigenvalue weighted by Gasteiger charge is 2.54. The second kappa shape index (κ2) is 5.33. The van der Waals surface area contributed by atoms with Crippen LogP contribution in [-0.4, -0.2) is 45.0 Å². The zero-order valence-electron chi connectivity index (χ0n) is 11.4. The molecule has 1 N–H and O–H groups in total. The topological polar surface area (TPSA) is 62.4 Å². The van der Waals surface area contributed by atoms with Crippen LogP contribution in [0, 0.1) is 0 Å². The molecule has 0 saturated carbocycles. The summed E-state index contributed by atoms with van der Waals surface area (Å²) in [5, 5.41) is 13.4. The summed E-state index contributed by atoms with van der Waals surface area (Å²) in [4.78, 5) is 5.97. The summed E-state index contributed by atoms with van der Waals surface area (Å²) in [6.07, 6.45) is -5.23. The van der Waals surface area contributed by atoms with Gasteiger partial charge >= 0.3 is 6.18 Å². The number of aliphatic hydroxyl groups is 1. The predicted molar refractivity (Wildman–Crippen MR) is 63.9 cm³/mol. The number of piperidine rings is 1. The lowest BCUT2D eigenvalue weighted by Gasteiger charge is -2.38. The van der Waals surface area contributed by atoms with Crippen LogP contribution in [0.5, 0.6) is 0 Å². The quantitative estimate of drug-likeness (QED) is 0.924. The van der Waals surface area contributed by atoms with Crippen molar-refractivity contribution in [2.75, 3.05) is 13.1 Å². The normalized spacial score (nSPS) is 20.6. The Balaban J connectivity index is 1.91. The van der Waals surface area contributed by atoms with Gasteiger partial charge in [0.05, 0.1) is 6.54 Å². The minimum Gasteiger partial charge on any atom is -0.380 e. The first-order valence-corrected chi connectivity index (χ1v) is 6.55. The van der Waals surface area contributed by atoms with Gasteiger partial charge in [0.2, 0.25) is 5.89 Å². The van der Waals surface area contributed by atoms with Crippen molar-refractivity contribution in [3.05, 3.63) is 11.7 Å². The van der Waals surface area contributed by atoms with Gasteiger partial charge in [-0.1, -0.05) is 19.0 Å². The maximum atomic E-state index is 12.7. The van der Waals surface area contributed by atoms with Gasteiger partial charge in [-0.25, -0.2) is 0 Å². The molecular weight excluding hydrogens is 275 g/mol. The maximum Gasteiger partial charge on any atom is 0.417 e. The fraction of sp³-hybridized carbons (Fsp3) is 0.833. The minimum absolute atomic E-state index is 0.118. The molecule has 0 amide bonds. The molecule has 0 atom stereocenters. The number of hydrogen-bond donors (Lipinski definition) is 1. The van der Waals surface area contributed by atoms with Gasteiger partial charge in [0, 0.05) is 19.0 Å². The van der Waals surface area contributed by atoms with E-state index in [2.05, 4.69) is 10.1 Å². The highest BCUT2D eigenvalue weighted by molar-refractivity contribution is 4.95. The lowest BCUT2D eigenvalue weighted by molar-refractivity contribution is -0.272. The fourth-order valence-electron chi connectivity index (χ4n) is 2.13. The van der Waals surface area contributed by atoms with Gasteiger partial charge in [0.15, 0.2) is 11.4 Å². The van der Waals surface area contributed by atoms with E-state index in [0.717, 1.165) is 0 Å². The second-order valence-corrected chi connectivity index (χ2v) is 5.51. The molecule has 0 radical (unpaired) electrons. The van der Waals surface area contributed by atoms with Crippen LogP contribution in [0.25, 0.3) is 0 Å². The van der Waals surface area contributed by atoms with Crippen LogP contribution in [0.2, 0.25) is 0 Å². The molecule has 0 unspecified atom stereocenters. The molecule has 2 heterocycles. The first-order valence-electron chi connectivity index (χ1n) is 6.55. The molecule has 5 nitrogen and oxygen atoms in total. The largest absolute Gasteiger partial charge is 0.417 e. The molecule has 0 aliphatic carbocycles. The summed E-state index contributed by atoms with van der Waals surface area (Å²) in [6.45, 7) is 4.48. The van der Waals surface area contributed by atoms with Crippen LogP contribution in [0.3, 0.4) is 0 Å². The molecule has 1 aliphatic rings. The third kappa shape index (κ3) is 3.12. The maximum absolute atomic E-state index is 12.7. The summed E-state index contributed by atoms with van der Waals surface area (Å²) in [5.41, 5.74) is -2.57. The lowest BCUT2D eigenvalue weighted by atomic mass is 9.91. The van der Waals surface area contributed by atoms with Crippen LogP contribution < -0.4 is 0 Å². The average molecular weight is 293 g/mol. The van der Waals surface area contributed by atoms with E-state index in [4.69, 9.17) is 4.52 Å². The highest BCUT2D eigenvalue weighted by Crippen LogP contribution is 2.38. The van der Waals surface area contributed by atoms with E-state index >= 15 is 0 Å². The Labute approximate surface area is 114 Å². The molecular formula is C12H18F3N3O2. The molecule has 1 fully saturated rings. The Morgan fingerprint density at radius 1 is 1.35 bits per heavy atom. The van der Waals surface area contributed by atoms with E-state index in [1.54, 1.807) is 4.90 Å². The molecule has 1 saturated heterocycles. The van der Waals surface area contributed by atoms with Gasteiger partial charge in [-0.3, -0.25) is 4.90 Å². The van der Waals surface area contributed by atoms with Crippen molar-refractivity contribution in [1.29, 1.82) is 0 Å². The third-order valence-corrected chi connectivity index (χ3v) is 3.55.